The van der Waals surface area contributed by atoms with Gasteiger partial charge in [-0.2, -0.15) is 0 Å². The SMILES string of the molecule is CCNC(=NCc1ccc(-n2ccnc2C)nc1)NC1CC=CC1. The van der Waals surface area contributed by atoms with Crippen molar-refractivity contribution < 1.29 is 0 Å². The van der Waals surface area contributed by atoms with E-state index in [0.717, 1.165) is 42.6 Å². The van der Waals surface area contributed by atoms with Gasteiger partial charge in [0.15, 0.2) is 5.96 Å². The number of aromatic nitrogens is 3. The number of aliphatic imine (C=N–C) groups is 1. The van der Waals surface area contributed by atoms with E-state index in [9.17, 15) is 0 Å². The lowest BCUT2D eigenvalue weighted by Gasteiger charge is -2.16. The number of nitrogens with zero attached hydrogens (tertiary/aromatic N) is 4. The van der Waals surface area contributed by atoms with Crippen LogP contribution in [0.4, 0.5) is 0 Å². The second kappa shape index (κ2) is 7.77. The fraction of sp³-hybridized carbons (Fsp3) is 0.389. The van der Waals surface area contributed by atoms with Crippen LogP contribution in [0.1, 0.15) is 31.2 Å². The Bertz CT molecular complexity index is 705. The lowest BCUT2D eigenvalue weighted by atomic mass is 10.2. The van der Waals surface area contributed by atoms with Gasteiger partial charge in [0.1, 0.15) is 11.6 Å². The molecule has 2 aromatic rings. The summed E-state index contributed by atoms with van der Waals surface area (Å²) in [4.78, 5) is 13.4. The highest BCUT2D eigenvalue weighted by atomic mass is 15.2. The fourth-order valence-corrected chi connectivity index (χ4v) is 2.69. The third kappa shape index (κ3) is 4.01. The van der Waals surface area contributed by atoms with E-state index in [-0.39, 0.29) is 0 Å². The molecule has 0 saturated carbocycles. The van der Waals surface area contributed by atoms with Crippen molar-refractivity contribution in [2.75, 3.05) is 6.54 Å². The zero-order valence-electron chi connectivity index (χ0n) is 14.2. The highest BCUT2D eigenvalue weighted by Gasteiger charge is 2.11. The number of guanidine groups is 1. The predicted octanol–water partition coefficient (Wildman–Crippen LogP) is 2.35. The maximum Gasteiger partial charge on any atom is 0.191 e. The highest BCUT2D eigenvalue weighted by Crippen LogP contribution is 2.10. The molecule has 0 amide bonds. The summed E-state index contributed by atoms with van der Waals surface area (Å²) in [5.74, 6) is 2.66. The third-order valence-corrected chi connectivity index (χ3v) is 3.99. The Morgan fingerprint density at radius 2 is 2.12 bits per heavy atom. The Hall–Kier alpha value is -2.63. The number of nitrogens with one attached hydrogen (secondary N) is 2. The molecule has 2 aromatic heterocycles. The molecule has 126 valence electrons. The molecule has 2 N–H and O–H groups in total. The zero-order valence-corrected chi connectivity index (χ0v) is 14.2. The smallest absolute Gasteiger partial charge is 0.191 e. The molecule has 0 bridgehead atoms. The van der Waals surface area contributed by atoms with Crippen molar-refractivity contribution in [1.82, 2.24) is 25.2 Å². The first-order valence-electron chi connectivity index (χ1n) is 8.41. The Morgan fingerprint density at radius 1 is 1.29 bits per heavy atom. The molecule has 0 spiro atoms. The monoisotopic (exact) mass is 324 g/mol. The Kier molecular flexibility index (Phi) is 5.25. The van der Waals surface area contributed by atoms with Gasteiger partial charge < -0.3 is 10.6 Å². The van der Waals surface area contributed by atoms with Gasteiger partial charge in [-0.3, -0.25) is 4.57 Å². The average molecular weight is 324 g/mol. The van der Waals surface area contributed by atoms with Crippen molar-refractivity contribution >= 4 is 5.96 Å². The normalized spacial score (nSPS) is 15.0. The van der Waals surface area contributed by atoms with Gasteiger partial charge in [-0.05, 0) is 38.3 Å². The van der Waals surface area contributed by atoms with Crippen LogP contribution in [0.3, 0.4) is 0 Å². The average Bonchev–Trinajstić information content (AvgIpc) is 3.25. The summed E-state index contributed by atoms with van der Waals surface area (Å²) in [7, 11) is 0. The van der Waals surface area contributed by atoms with Crippen LogP contribution in [0, 0.1) is 6.92 Å². The van der Waals surface area contributed by atoms with Gasteiger partial charge in [-0.25, -0.2) is 15.0 Å². The number of pyridine rings is 1. The van der Waals surface area contributed by atoms with Crippen LogP contribution in [-0.2, 0) is 6.54 Å². The van der Waals surface area contributed by atoms with E-state index in [2.05, 4.69) is 50.7 Å². The Labute approximate surface area is 142 Å². The van der Waals surface area contributed by atoms with Crippen molar-refractivity contribution in [2.45, 2.75) is 39.3 Å². The standard InChI is InChI=1S/C18H24N6/c1-3-19-18(23-16-6-4-5-7-16)22-13-15-8-9-17(21-12-15)24-11-10-20-14(24)2/h4-5,8-12,16H,3,6-7,13H2,1-2H3,(H2,19,22,23). The molecule has 6 heteroatoms. The Morgan fingerprint density at radius 3 is 2.75 bits per heavy atom. The summed E-state index contributed by atoms with van der Waals surface area (Å²) < 4.78 is 1.96. The van der Waals surface area contributed by atoms with E-state index in [1.807, 2.05) is 30.0 Å². The van der Waals surface area contributed by atoms with Gasteiger partial charge in [0, 0.05) is 31.2 Å². The van der Waals surface area contributed by atoms with Crippen LogP contribution >= 0.6 is 0 Å². The summed E-state index contributed by atoms with van der Waals surface area (Å²) in [6.07, 6.45) is 12.1. The van der Waals surface area contributed by atoms with Gasteiger partial charge in [0.25, 0.3) is 0 Å². The van der Waals surface area contributed by atoms with Crippen molar-refractivity contribution in [2.24, 2.45) is 4.99 Å². The largest absolute Gasteiger partial charge is 0.357 e. The zero-order chi connectivity index (χ0) is 16.8. The summed E-state index contributed by atoms with van der Waals surface area (Å²) in [5.41, 5.74) is 1.08. The molecule has 0 radical (unpaired) electrons. The van der Waals surface area contributed by atoms with Gasteiger partial charge in [0.2, 0.25) is 0 Å². The lowest BCUT2D eigenvalue weighted by molar-refractivity contribution is 0.633. The molecule has 0 atom stereocenters. The number of aryl methyl sites for hydroxylation is 1. The fourth-order valence-electron chi connectivity index (χ4n) is 2.69. The molecular weight excluding hydrogens is 300 g/mol. The first-order chi connectivity index (χ1) is 11.8. The highest BCUT2D eigenvalue weighted by molar-refractivity contribution is 5.80. The van der Waals surface area contributed by atoms with Gasteiger partial charge >= 0.3 is 0 Å². The second-order valence-corrected chi connectivity index (χ2v) is 5.85. The van der Waals surface area contributed by atoms with Crippen LogP contribution in [-0.4, -0.2) is 33.1 Å². The quantitative estimate of drug-likeness (QED) is 0.503. The molecule has 0 fully saturated rings. The second-order valence-electron chi connectivity index (χ2n) is 5.85. The van der Waals surface area contributed by atoms with E-state index >= 15 is 0 Å². The van der Waals surface area contributed by atoms with Crippen molar-refractivity contribution in [1.29, 1.82) is 0 Å². The first kappa shape index (κ1) is 16.2. The summed E-state index contributed by atoms with van der Waals surface area (Å²) >= 11 is 0. The molecule has 0 aliphatic heterocycles. The molecule has 6 nitrogen and oxygen atoms in total. The molecule has 1 aliphatic rings. The van der Waals surface area contributed by atoms with Gasteiger partial charge in [0.05, 0.1) is 6.54 Å². The molecule has 24 heavy (non-hydrogen) atoms. The maximum absolute atomic E-state index is 4.66. The lowest BCUT2D eigenvalue weighted by Crippen LogP contribution is -2.42. The van der Waals surface area contributed by atoms with Crippen LogP contribution in [0.5, 0.6) is 0 Å². The minimum Gasteiger partial charge on any atom is -0.357 e. The molecular formula is C18H24N6. The molecule has 1 aliphatic carbocycles. The predicted molar refractivity (Wildman–Crippen MR) is 96.2 cm³/mol. The van der Waals surface area contributed by atoms with E-state index in [1.165, 1.54) is 0 Å². The van der Waals surface area contributed by atoms with E-state index in [4.69, 9.17) is 0 Å². The van der Waals surface area contributed by atoms with E-state index < -0.39 is 0 Å². The summed E-state index contributed by atoms with van der Waals surface area (Å²) in [5, 5.41) is 6.77. The minimum atomic E-state index is 0.451. The summed E-state index contributed by atoms with van der Waals surface area (Å²) in [6.45, 7) is 5.49. The Balaban J connectivity index is 1.64. The van der Waals surface area contributed by atoms with Crippen molar-refractivity contribution in [3.05, 3.63) is 54.3 Å². The van der Waals surface area contributed by atoms with Crippen LogP contribution in [0.25, 0.3) is 5.82 Å². The maximum atomic E-state index is 4.66. The molecule has 0 aromatic carbocycles. The number of hydrogen-bond donors (Lipinski definition) is 2. The number of rotatable bonds is 5. The van der Waals surface area contributed by atoms with Crippen LogP contribution in [0.15, 0.2) is 47.9 Å². The third-order valence-electron chi connectivity index (χ3n) is 3.99. The molecule has 0 saturated heterocycles. The van der Waals surface area contributed by atoms with Gasteiger partial charge in [-0.15, -0.1) is 0 Å². The molecule has 0 unspecified atom stereocenters. The first-order valence-corrected chi connectivity index (χ1v) is 8.41. The van der Waals surface area contributed by atoms with Crippen LogP contribution in [0.2, 0.25) is 0 Å². The van der Waals surface area contributed by atoms with Gasteiger partial charge in [-0.1, -0.05) is 18.2 Å². The van der Waals surface area contributed by atoms with E-state index in [0.29, 0.717) is 12.6 Å². The summed E-state index contributed by atoms with van der Waals surface area (Å²) in [6, 6.07) is 4.51. The van der Waals surface area contributed by atoms with E-state index in [1.54, 1.807) is 6.20 Å². The van der Waals surface area contributed by atoms with Crippen LogP contribution < -0.4 is 10.6 Å². The molecule has 2 heterocycles. The number of hydrogen-bond acceptors (Lipinski definition) is 3. The molecule has 3 rings (SSSR count). The van der Waals surface area contributed by atoms with Crippen molar-refractivity contribution in [3.8, 4) is 5.82 Å². The topological polar surface area (TPSA) is 67.1 Å². The minimum absolute atomic E-state index is 0.451. The van der Waals surface area contributed by atoms with Crippen molar-refractivity contribution in [3.63, 3.8) is 0 Å². The number of imidazole rings is 1.